The van der Waals surface area contributed by atoms with Crippen molar-refractivity contribution < 1.29 is 14.3 Å². The first kappa shape index (κ1) is 21.0. The molecule has 168 valence electrons. The second kappa shape index (κ2) is 8.24. The Hall–Kier alpha value is -3.86. The van der Waals surface area contributed by atoms with Gasteiger partial charge in [0.15, 0.2) is 11.6 Å². The molecular weight excluding hydrogens is 442 g/mol. The van der Waals surface area contributed by atoms with Gasteiger partial charge in [0.05, 0.1) is 7.11 Å². The minimum atomic E-state index is -1.04. The number of methoxy groups -OCH3 is 1. The molecular formula is C22H21N7O3S. The highest BCUT2D eigenvalue weighted by Gasteiger charge is 2.57. The number of hydrogen-bond acceptors (Lipinski definition) is 8. The van der Waals surface area contributed by atoms with Crippen molar-refractivity contribution in [1.82, 2.24) is 24.8 Å². The number of H-pyrrole nitrogens is 1. The molecule has 3 N–H and O–H groups in total. The summed E-state index contributed by atoms with van der Waals surface area (Å²) >= 11 is 1.39. The summed E-state index contributed by atoms with van der Waals surface area (Å²) in [6.07, 6.45) is 2.87. The minimum absolute atomic E-state index is 0.333. The molecule has 10 nitrogen and oxygen atoms in total. The number of esters is 1. The standard InChI is InChI=1S/C22H21N7O3S/c1-13-12-17(27-26-13)24-18-16-4-3-11-29(16)28-21(25-18)33-15-7-5-14(6-8-15)23-19(30)22(9-10-22)20(31)32-2/h3-8,11-12H,9-10H2,1-2H3,(H,23,30)(H2,24,25,26,27,28). The van der Waals surface area contributed by atoms with Crippen LogP contribution in [0, 0.1) is 12.3 Å². The van der Waals surface area contributed by atoms with Crippen molar-refractivity contribution >= 4 is 46.5 Å². The summed E-state index contributed by atoms with van der Waals surface area (Å²) < 4.78 is 6.52. The molecule has 3 aromatic heterocycles. The molecule has 0 bridgehead atoms. The lowest BCUT2D eigenvalue weighted by Gasteiger charge is -2.13. The van der Waals surface area contributed by atoms with Crippen LogP contribution in [0.5, 0.6) is 0 Å². The van der Waals surface area contributed by atoms with Crippen molar-refractivity contribution in [2.45, 2.75) is 29.8 Å². The summed E-state index contributed by atoms with van der Waals surface area (Å²) in [5.41, 5.74) is 1.34. The van der Waals surface area contributed by atoms with E-state index in [4.69, 9.17) is 4.74 Å². The topological polar surface area (TPSA) is 126 Å². The highest BCUT2D eigenvalue weighted by atomic mass is 32.2. The fourth-order valence-corrected chi connectivity index (χ4v) is 4.21. The van der Waals surface area contributed by atoms with E-state index in [1.165, 1.54) is 18.9 Å². The number of anilines is 3. The number of aromatic amines is 1. The van der Waals surface area contributed by atoms with Gasteiger partial charge in [-0.15, -0.1) is 5.10 Å². The van der Waals surface area contributed by atoms with Crippen molar-refractivity contribution in [2.24, 2.45) is 5.41 Å². The number of fused-ring (bicyclic) bond motifs is 1. The molecule has 5 rings (SSSR count). The summed E-state index contributed by atoms with van der Waals surface area (Å²) in [5.74, 6) is 0.496. The van der Waals surface area contributed by atoms with E-state index in [1.54, 1.807) is 16.6 Å². The zero-order valence-corrected chi connectivity index (χ0v) is 18.8. The molecule has 0 spiro atoms. The molecule has 3 heterocycles. The highest BCUT2D eigenvalue weighted by Crippen LogP contribution is 2.47. The predicted molar refractivity (Wildman–Crippen MR) is 122 cm³/mol. The number of aromatic nitrogens is 5. The van der Waals surface area contributed by atoms with E-state index in [9.17, 15) is 9.59 Å². The number of benzene rings is 1. The average Bonchev–Trinajstić information content (AvgIpc) is 3.32. The average molecular weight is 464 g/mol. The Morgan fingerprint density at radius 2 is 2.00 bits per heavy atom. The number of hydrogen-bond donors (Lipinski definition) is 3. The Labute approximate surface area is 193 Å². The van der Waals surface area contributed by atoms with Crippen LogP contribution in [-0.4, -0.2) is 43.8 Å². The van der Waals surface area contributed by atoms with Crippen LogP contribution in [-0.2, 0) is 14.3 Å². The van der Waals surface area contributed by atoms with Crippen LogP contribution in [0.25, 0.3) is 5.52 Å². The molecule has 33 heavy (non-hydrogen) atoms. The number of nitrogens with zero attached hydrogens (tertiary/aromatic N) is 4. The summed E-state index contributed by atoms with van der Waals surface area (Å²) in [4.78, 5) is 30.0. The van der Waals surface area contributed by atoms with Crippen LogP contribution in [0.2, 0.25) is 0 Å². The molecule has 11 heteroatoms. The van der Waals surface area contributed by atoms with E-state index in [2.05, 4.69) is 30.9 Å². The van der Waals surface area contributed by atoms with E-state index in [-0.39, 0.29) is 5.91 Å². The minimum Gasteiger partial charge on any atom is -0.468 e. The molecule has 4 aromatic rings. The van der Waals surface area contributed by atoms with Crippen LogP contribution in [0.15, 0.2) is 58.7 Å². The Bertz CT molecular complexity index is 1340. The van der Waals surface area contributed by atoms with Crippen LogP contribution < -0.4 is 10.6 Å². The van der Waals surface area contributed by atoms with Gasteiger partial charge in [-0.05, 0) is 67.9 Å². The highest BCUT2D eigenvalue weighted by molar-refractivity contribution is 7.99. The molecule has 1 aliphatic carbocycles. The molecule has 1 aromatic carbocycles. The van der Waals surface area contributed by atoms with E-state index in [0.717, 1.165) is 16.1 Å². The van der Waals surface area contributed by atoms with E-state index in [0.29, 0.717) is 35.3 Å². The fourth-order valence-electron chi connectivity index (χ4n) is 3.46. The van der Waals surface area contributed by atoms with Crippen LogP contribution >= 0.6 is 11.8 Å². The summed E-state index contributed by atoms with van der Waals surface area (Å²) in [7, 11) is 1.30. The van der Waals surface area contributed by atoms with Crippen LogP contribution in [0.3, 0.4) is 0 Å². The fraction of sp³-hybridized carbons (Fsp3) is 0.227. The van der Waals surface area contributed by atoms with Crippen molar-refractivity contribution in [1.29, 1.82) is 0 Å². The maximum absolute atomic E-state index is 12.5. The number of amides is 1. The Balaban J connectivity index is 1.32. The van der Waals surface area contributed by atoms with Gasteiger partial charge in [0.25, 0.3) is 0 Å². The quantitative estimate of drug-likeness (QED) is 0.281. The van der Waals surface area contributed by atoms with E-state index >= 15 is 0 Å². The number of nitrogens with one attached hydrogen (secondary N) is 3. The second-order valence-electron chi connectivity index (χ2n) is 7.80. The molecule has 1 amide bonds. The summed E-state index contributed by atoms with van der Waals surface area (Å²) in [6, 6.07) is 13.0. The second-order valence-corrected chi connectivity index (χ2v) is 8.84. The predicted octanol–water partition coefficient (Wildman–Crippen LogP) is 3.55. The molecule has 0 aliphatic heterocycles. The third-order valence-electron chi connectivity index (χ3n) is 5.41. The largest absolute Gasteiger partial charge is 0.468 e. The lowest BCUT2D eigenvalue weighted by molar-refractivity contribution is -0.150. The van der Waals surface area contributed by atoms with Gasteiger partial charge < -0.3 is 15.4 Å². The maximum Gasteiger partial charge on any atom is 0.321 e. The van der Waals surface area contributed by atoms with Crippen molar-refractivity contribution in [3.8, 4) is 0 Å². The van der Waals surface area contributed by atoms with E-state index in [1.807, 2.05) is 43.5 Å². The van der Waals surface area contributed by atoms with Crippen molar-refractivity contribution in [3.63, 3.8) is 0 Å². The molecule has 0 radical (unpaired) electrons. The Kier molecular flexibility index (Phi) is 5.25. The van der Waals surface area contributed by atoms with Crippen molar-refractivity contribution in [2.75, 3.05) is 17.7 Å². The zero-order valence-electron chi connectivity index (χ0n) is 18.0. The van der Waals surface area contributed by atoms with Gasteiger partial charge in [-0.25, -0.2) is 9.50 Å². The Morgan fingerprint density at radius 1 is 1.21 bits per heavy atom. The third-order valence-corrected chi connectivity index (χ3v) is 6.27. The van der Waals surface area contributed by atoms with Gasteiger partial charge in [-0.1, -0.05) is 0 Å². The molecule has 0 atom stereocenters. The number of aryl methyl sites for hydroxylation is 1. The molecule has 1 saturated carbocycles. The zero-order chi connectivity index (χ0) is 23.0. The van der Waals surface area contributed by atoms with Gasteiger partial charge in [0.1, 0.15) is 10.9 Å². The summed E-state index contributed by atoms with van der Waals surface area (Å²) in [5, 5.41) is 18.3. The monoisotopic (exact) mass is 463 g/mol. The molecule has 0 unspecified atom stereocenters. The smallest absolute Gasteiger partial charge is 0.321 e. The third kappa shape index (κ3) is 4.14. The van der Waals surface area contributed by atoms with Gasteiger partial charge in [0.2, 0.25) is 11.1 Å². The Morgan fingerprint density at radius 3 is 2.67 bits per heavy atom. The normalized spacial score (nSPS) is 14.1. The SMILES string of the molecule is COC(=O)C1(C(=O)Nc2ccc(Sc3nc(Nc4cc(C)[nH]n4)c4cccn4n3)cc2)CC1. The number of ether oxygens (including phenoxy) is 1. The van der Waals surface area contributed by atoms with Crippen LogP contribution in [0.4, 0.5) is 17.3 Å². The lowest BCUT2D eigenvalue weighted by Crippen LogP contribution is -2.32. The molecule has 0 saturated heterocycles. The first-order chi connectivity index (χ1) is 16.0. The first-order valence-electron chi connectivity index (χ1n) is 10.3. The number of carbonyl (C=O) groups excluding carboxylic acids is 2. The molecule has 1 fully saturated rings. The van der Waals surface area contributed by atoms with E-state index < -0.39 is 11.4 Å². The summed E-state index contributed by atoms with van der Waals surface area (Å²) in [6.45, 7) is 1.93. The first-order valence-corrected chi connectivity index (χ1v) is 11.1. The van der Waals surface area contributed by atoms with Gasteiger partial charge in [-0.3, -0.25) is 14.7 Å². The maximum atomic E-state index is 12.5. The lowest BCUT2D eigenvalue weighted by atomic mass is 10.1. The van der Waals surface area contributed by atoms with Gasteiger partial charge in [0, 0.05) is 28.5 Å². The van der Waals surface area contributed by atoms with Crippen molar-refractivity contribution in [3.05, 3.63) is 54.4 Å². The van der Waals surface area contributed by atoms with Crippen LogP contribution in [0.1, 0.15) is 18.5 Å². The molecule has 1 aliphatic rings. The van der Waals surface area contributed by atoms with Gasteiger partial charge in [-0.2, -0.15) is 5.10 Å². The number of carbonyl (C=O) groups is 2. The van der Waals surface area contributed by atoms with Gasteiger partial charge >= 0.3 is 5.97 Å². The number of rotatable bonds is 7.